The van der Waals surface area contributed by atoms with E-state index in [-0.39, 0.29) is 0 Å². The number of hydrogen-bond acceptors (Lipinski definition) is 3. The number of rotatable bonds is 5. The minimum absolute atomic E-state index is 0.388. The highest BCUT2D eigenvalue weighted by Gasteiger charge is 2.29. The predicted molar refractivity (Wildman–Crippen MR) is 93.3 cm³/mol. The standard InChI is InChI=1S/C16H17ClN2O3S/c1-12(16(20)18-15-11-7-6-10-14(15)17)19(23(2,21)22)13-8-4-3-5-9-13/h3-12H,1-2H3,(H,18,20)/t12-/m1/s1. The SMILES string of the molecule is C[C@H](C(=O)Nc1ccccc1Cl)N(c1ccccc1)S(C)(=O)=O. The normalized spacial score (nSPS) is 12.5. The quantitative estimate of drug-likeness (QED) is 0.899. The maximum absolute atomic E-state index is 12.5. The molecule has 0 saturated carbocycles. The molecule has 122 valence electrons. The van der Waals surface area contributed by atoms with Gasteiger partial charge < -0.3 is 5.32 Å². The van der Waals surface area contributed by atoms with Gasteiger partial charge in [-0.2, -0.15) is 0 Å². The summed E-state index contributed by atoms with van der Waals surface area (Å²) in [4.78, 5) is 12.5. The Kier molecular flexibility index (Phi) is 5.28. The third-order valence-electron chi connectivity index (χ3n) is 3.23. The second-order valence-electron chi connectivity index (χ2n) is 5.04. The Bertz CT molecular complexity index is 794. The van der Waals surface area contributed by atoms with E-state index in [4.69, 9.17) is 11.6 Å². The first kappa shape index (κ1) is 17.3. The number of carbonyl (C=O) groups is 1. The van der Waals surface area contributed by atoms with E-state index in [2.05, 4.69) is 5.32 Å². The van der Waals surface area contributed by atoms with Crippen LogP contribution in [0.2, 0.25) is 5.02 Å². The molecule has 5 nitrogen and oxygen atoms in total. The van der Waals surface area contributed by atoms with Crippen molar-refractivity contribution in [1.82, 2.24) is 0 Å². The minimum Gasteiger partial charge on any atom is -0.323 e. The summed E-state index contributed by atoms with van der Waals surface area (Å²) in [7, 11) is -3.63. The highest BCUT2D eigenvalue weighted by atomic mass is 35.5. The summed E-state index contributed by atoms with van der Waals surface area (Å²) in [5.74, 6) is -0.465. The van der Waals surface area contributed by atoms with E-state index in [9.17, 15) is 13.2 Å². The molecule has 0 spiro atoms. The largest absolute Gasteiger partial charge is 0.323 e. The van der Waals surface area contributed by atoms with Crippen LogP contribution in [0.4, 0.5) is 11.4 Å². The molecule has 1 amide bonds. The van der Waals surface area contributed by atoms with E-state index in [1.54, 1.807) is 54.6 Å². The van der Waals surface area contributed by atoms with E-state index in [0.29, 0.717) is 16.4 Å². The molecule has 1 atom stereocenters. The average Bonchev–Trinajstić information content (AvgIpc) is 2.49. The Labute approximate surface area is 140 Å². The third-order valence-corrected chi connectivity index (χ3v) is 4.80. The lowest BCUT2D eigenvalue weighted by molar-refractivity contribution is -0.116. The molecule has 23 heavy (non-hydrogen) atoms. The highest BCUT2D eigenvalue weighted by molar-refractivity contribution is 7.92. The Hall–Kier alpha value is -2.05. The fraction of sp³-hybridized carbons (Fsp3) is 0.188. The fourth-order valence-electron chi connectivity index (χ4n) is 2.18. The molecule has 0 radical (unpaired) electrons. The van der Waals surface area contributed by atoms with E-state index in [1.165, 1.54) is 6.92 Å². The summed E-state index contributed by atoms with van der Waals surface area (Å²) in [6.45, 7) is 1.53. The fourth-order valence-corrected chi connectivity index (χ4v) is 3.54. The van der Waals surface area contributed by atoms with Crippen LogP contribution in [-0.2, 0) is 14.8 Å². The first-order chi connectivity index (χ1) is 10.8. The first-order valence-electron chi connectivity index (χ1n) is 6.90. The molecule has 2 aromatic rings. The zero-order valence-electron chi connectivity index (χ0n) is 12.7. The second kappa shape index (κ2) is 7.02. The Morgan fingerprint density at radius 2 is 1.65 bits per heavy atom. The monoisotopic (exact) mass is 352 g/mol. The molecule has 0 aliphatic heterocycles. The lowest BCUT2D eigenvalue weighted by atomic mass is 10.2. The molecule has 0 bridgehead atoms. The second-order valence-corrected chi connectivity index (χ2v) is 7.31. The molecule has 0 aliphatic carbocycles. The number of nitrogens with one attached hydrogen (secondary N) is 1. The van der Waals surface area contributed by atoms with Gasteiger partial charge >= 0.3 is 0 Å². The van der Waals surface area contributed by atoms with Gasteiger partial charge in [-0.25, -0.2) is 8.42 Å². The van der Waals surface area contributed by atoms with Gasteiger partial charge in [0.1, 0.15) is 6.04 Å². The molecule has 0 unspecified atom stereocenters. The number of nitrogens with zero attached hydrogens (tertiary/aromatic N) is 1. The van der Waals surface area contributed by atoms with Crippen LogP contribution >= 0.6 is 11.6 Å². The van der Waals surface area contributed by atoms with Crippen molar-refractivity contribution in [2.45, 2.75) is 13.0 Å². The van der Waals surface area contributed by atoms with Gasteiger partial charge in [-0.15, -0.1) is 0 Å². The van der Waals surface area contributed by atoms with Crippen molar-refractivity contribution in [1.29, 1.82) is 0 Å². The van der Waals surface area contributed by atoms with Gasteiger partial charge in [0.15, 0.2) is 0 Å². The van der Waals surface area contributed by atoms with Crippen LogP contribution in [0.5, 0.6) is 0 Å². The highest BCUT2D eigenvalue weighted by Crippen LogP contribution is 2.23. The van der Waals surface area contributed by atoms with Crippen molar-refractivity contribution >= 4 is 38.9 Å². The maximum atomic E-state index is 12.5. The number of para-hydroxylation sites is 2. The van der Waals surface area contributed by atoms with Gasteiger partial charge in [-0.3, -0.25) is 9.10 Å². The van der Waals surface area contributed by atoms with Crippen molar-refractivity contribution < 1.29 is 13.2 Å². The van der Waals surface area contributed by atoms with Crippen molar-refractivity contribution in [3.63, 3.8) is 0 Å². The Morgan fingerprint density at radius 1 is 1.09 bits per heavy atom. The first-order valence-corrected chi connectivity index (χ1v) is 9.13. The molecule has 0 fully saturated rings. The summed E-state index contributed by atoms with van der Waals surface area (Å²) in [6, 6.07) is 14.3. The van der Waals surface area contributed by atoms with Crippen LogP contribution < -0.4 is 9.62 Å². The Morgan fingerprint density at radius 3 is 2.22 bits per heavy atom. The zero-order valence-corrected chi connectivity index (χ0v) is 14.3. The molecule has 2 aromatic carbocycles. The van der Waals surface area contributed by atoms with Gasteiger partial charge in [0.2, 0.25) is 15.9 Å². The van der Waals surface area contributed by atoms with Crippen LogP contribution in [0.1, 0.15) is 6.92 Å². The molecular formula is C16H17ClN2O3S. The third kappa shape index (κ3) is 4.24. The van der Waals surface area contributed by atoms with Gasteiger partial charge in [-0.1, -0.05) is 41.9 Å². The number of anilines is 2. The minimum atomic E-state index is -3.63. The molecule has 0 heterocycles. The number of benzene rings is 2. The topological polar surface area (TPSA) is 66.5 Å². The van der Waals surface area contributed by atoms with E-state index < -0.39 is 22.0 Å². The average molecular weight is 353 g/mol. The number of sulfonamides is 1. The molecule has 0 aromatic heterocycles. The molecular weight excluding hydrogens is 336 g/mol. The maximum Gasteiger partial charge on any atom is 0.248 e. The number of carbonyl (C=O) groups excluding carboxylic acids is 1. The van der Waals surface area contributed by atoms with Crippen LogP contribution in [-0.4, -0.2) is 26.6 Å². The lowest BCUT2D eigenvalue weighted by Crippen LogP contribution is -2.45. The summed E-state index contributed by atoms with van der Waals surface area (Å²) in [5, 5.41) is 3.04. The summed E-state index contributed by atoms with van der Waals surface area (Å²) >= 11 is 6.01. The van der Waals surface area contributed by atoms with Crippen LogP contribution in [0.3, 0.4) is 0 Å². The molecule has 0 saturated heterocycles. The molecule has 7 heteroatoms. The smallest absolute Gasteiger partial charge is 0.248 e. The van der Waals surface area contributed by atoms with Crippen molar-refractivity contribution in [3.8, 4) is 0 Å². The molecule has 1 N–H and O–H groups in total. The van der Waals surface area contributed by atoms with Gasteiger partial charge in [0.05, 0.1) is 22.7 Å². The van der Waals surface area contributed by atoms with Gasteiger partial charge in [0.25, 0.3) is 0 Å². The van der Waals surface area contributed by atoms with Crippen molar-refractivity contribution in [3.05, 3.63) is 59.6 Å². The van der Waals surface area contributed by atoms with E-state index in [1.807, 2.05) is 0 Å². The van der Waals surface area contributed by atoms with Crippen LogP contribution in [0.25, 0.3) is 0 Å². The number of amides is 1. The molecule has 0 aliphatic rings. The lowest BCUT2D eigenvalue weighted by Gasteiger charge is -2.28. The van der Waals surface area contributed by atoms with Crippen LogP contribution in [0, 0.1) is 0 Å². The van der Waals surface area contributed by atoms with Crippen LogP contribution in [0.15, 0.2) is 54.6 Å². The zero-order chi connectivity index (χ0) is 17.0. The summed E-state index contributed by atoms with van der Waals surface area (Å²) < 4.78 is 25.3. The van der Waals surface area contributed by atoms with Crippen molar-refractivity contribution in [2.75, 3.05) is 15.9 Å². The Balaban J connectivity index is 2.29. The summed E-state index contributed by atoms with van der Waals surface area (Å²) in [5.41, 5.74) is 0.865. The van der Waals surface area contributed by atoms with E-state index >= 15 is 0 Å². The van der Waals surface area contributed by atoms with Gasteiger partial charge in [0, 0.05) is 0 Å². The van der Waals surface area contributed by atoms with Gasteiger partial charge in [-0.05, 0) is 31.2 Å². The number of hydrogen-bond donors (Lipinski definition) is 1. The molecule has 2 rings (SSSR count). The summed E-state index contributed by atoms with van der Waals surface area (Å²) in [6.07, 6.45) is 1.07. The van der Waals surface area contributed by atoms with E-state index in [0.717, 1.165) is 10.6 Å². The van der Waals surface area contributed by atoms with Crippen molar-refractivity contribution in [2.24, 2.45) is 0 Å². The predicted octanol–water partition coefficient (Wildman–Crippen LogP) is 3.13. The number of halogens is 1.